The van der Waals surface area contributed by atoms with E-state index >= 15 is 0 Å². The summed E-state index contributed by atoms with van der Waals surface area (Å²) in [5.41, 5.74) is 3.16. The number of anilines is 1. The summed E-state index contributed by atoms with van der Waals surface area (Å²) in [5.74, 6) is 0.328. The third-order valence-corrected chi connectivity index (χ3v) is 5.40. The average molecular weight is 283 g/mol. The molecule has 1 heterocycles. The smallest absolute Gasteiger partial charge is 0.150 e. The van der Waals surface area contributed by atoms with Gasteiger partial charge < -0.3 is 10.4 Å². The van der Waals surface area contributed by atoms with E-state index in [1.807, 2.05) is 12.1 Å². The van der Waals surface area contributed by atoms with Crippen molar-refractivity contribution in [1.82, 2.24) is 0 Å². The van der Waals surface area contributed by atoms with Gasteiger partial charge in [0.15, 0.2) is 0 Å². The van der Waals surface area contributed by atoms with Crippen LogP contribution in [-0.2, 0) is 16.3 Å². The molecule has 0 fully saturated rings. The molecule has 0 spiro atoms. The van der Waals surface area contributed by atoms with Crippen molar-refractivity contribution in [1.29, 1.82) is 0 Å². The van der Waals surface area contributed by atoms with Gasteiger partial charge in [-0.15, -0.1) is 0 Å². The number of aliphatic hydroxyl groups excluding tert-OH is 1. The third kappa shape index (κ3) is 3.48. The molecular weight excluding hydrogens is 262 g/mol. The molecule has 5 heteroatoms. The van der Waals surface area contributed by atoms with Crippen LogP contribution >= 0.6 is 0 Å². The van der Waals surface area contributed by atoms with E-state index in [0.717, 1.165) is 24.2 Å². The van der Waals surface area contributed by atoms with Gasteiger partial charge in [-0.1, -0.05) is 25.1 Å². The van der Waals surface area contributed by atoms with Crippen LogP contribution in [0.25, 0.3) is 0 Å². The molecule has 1 aliphatic heterocycles. The van der Waals surface area contributed by atoms with Gasteiger partial charge in [0.05, 0.1) is 11.9 Å². The molecular formula is C14H21NO3S. The van der Waals surface area contributed by atoms with Crippen molar-refractivity contribution in [2.45, 2.75) is 32.3 Å². The van der Waals surface area contributed by atoms with E-state index in [9.17, 15) is 13.5 Å². The van der Waals surface area contributed by atoms with E-state index < -0.39 is 15.9 Å². The van der Waals surface area contributed by atoms with Crippen LogP contribution < -0.4 is 5.32 Å². The first-order valence-electron chi connectivity index (χ1n) is 6.77. The van der Waals surface area contributed by atoms with Gasteiger partial charge in [0.1, 0.15) is 9.84 Å². The van der Waals surface area contributed by atoms with Gasteiger partial charge in [-0.25, -0.2) is 8.42 Å². The summed E-state index contributed by atoms with van der Waals surface area (Å²) in [6.45, 7) is 2.56. The van der Waals surface area contributed by atoms with Gasteiger partial charge in [-0.3, -0.25) is 0 Å². The predicted molar refractivity (Wildman–Crippen MR) is 77.2 cm³/mol. The van der Waals surface area contributed by atoms with Gasteiger partial charge in [0.2, 0.25) is 0 Å². The molecule has 0 aromatic heterocycles. The second-order valence-electron chi connectivity index (χ2n) is 4.95. The van der Waals surface area contributed by atoms with Crippen LogP contribution in [0.1, 0.15) is 37.0 Å². The molecule has 2 N–H and O–H groups in total. The Morgan fingerprint density at radius 3 is 2.95 bits per heavy atom. The number of hydrogen-bond acceptors (Lipinski definition) is 4. The molecule has 0 saturated carbocycles. The van der Waals surface area contributed by atoms with Crippen LogP contribution in [-0.4, -0.2) is 31.6 Å². The standard InChI is InChI=1S/C14H21NO3S/c1-2-19(17,18)10-4-7-13(16)12-6-3-5-11-8-9-15-14(11)12/h3,5-6,13,15-16H,2,4,7-10H2,1H3. The van der Waals surface area contributed by atoms with Gasteiger partial charge in [-0.2, -0.15) is 0 Å². The minimum Gasteiger partial charge on any atom is -0.388 e. The zero-order valence-electron chi connectivity index (χ0n) is 11.2. The lowest BCUT2D eigenvalue weighted by Gasteiger charge is -2.15. The number of para-hydroxylation sites is 1. The predicted octanol–water partition coefficient (Wildman–Crippen LogP) is 1.90. The Balaban J connectivity index is 1.98. The highest BCUT2D eigenvalue weighted by molar-refractivity contribution is 7.91. The van der Waals surface area contributed by atoms with Crippen molar-refractivity contribution in [3.63, 3.8) is 0 Å². The number of hydrogen-bond donors (Lipinski definition) is 2. The first-order chi connectivity index (χ1) is 9.03. The van der Waals surface area contributed by atoms with Crippen molar-refractivity contribution >= 4 is 15.5 Å². The Labute approximate surface area is 114 Å². The molecule has 0 bridgehead atoms. The molecule has 2 rings (SSSR count). The second-order valence-corrected chi connectivity index (χ2v) is 7.43. The van der Waals surface area contributed by atoms with Crippen LogP contribution in [0.3, 0.4) is 0 Å². The van der Waals surface area contributed by atoms with Gasteiger partial charge in [0, 0.05) is 23.5 Å². The van der Waals surface area contributed by atoms with Crippen molar-refractivity contribution in [2.75, 3.05) is 23.4 Å². The molecule has 106 valence electrons. The molecule has 1 atom stereocenters. The van der Waals surface area contributed by atoms with Crippen molar-refractivity contribution < 1.29 is 13.5 Å². The number of fused-ring (bicyclic) bond motifs is 1. The van der Waals surface area contributed by atoms with E-state index in [4.69, 9.17) is 0 Å². The highest BCUT2D eigenvalue weighted by atomic mass is 32.2. The Morgan fingerprint density at radius 2 is 2.21 bits per heavy atom. The SMILES string of the molecule is CCS(=O)(=O)CCCC(O)c1cccc2c1NCC2. The summed E-state index contributed by atoms with van der Waals surface area (Å²) in [6.07, 6.45) is 1.38. The lowest BCUT2D eigenvalue weighted by Crippen LogP contribution is -2.10. The molecule has 4 nitrogen and oxygen atoms in total. The summed E-state index contributed by atoms with van der Waals surface area (Å²) in [7, 11) is -2.94. The maximum atomic E-state index is 11.4. The summed E-state index contributed by atoms with van der Waals surface area (Å²) in [5, 5.41) is 13.5. The monoisotopic (exact) mass is 283 g/mol. The Kier molecular flexibility index (Phi) is 4.47. The topological polar surface area (TPSA) is 66.4 Å². The molecule has 19 heavy (non-hydrogen) atoms. The Hall–Kier alpha value is -1.07. The van der Waals surface area contributed by atoms with Crippen molar-refractivity contribution in [2.24, 2.45) is 0 Å². The van der Waals surface area contributed by atoms with Crippen LogP contribution in [0.5, 0.6) is 0 Å². The highest BCUT2D eigenvalue weighted by Crippen LogP contribution is 2.32. The minimum absolute atomic E-state index is 0.156. The Bertz CT molecular complexity index is 540. The number of benzene rings is 1. The van der Waals surface area contributed by atoms with Gasteiger partial charge in [0.25, 0.3) is 0 Å². The fraction of sp³-hybridized carbons (Fsp3) is 0.571. The van der Waals surface area contributed by atoms with Gasteiger partial charge >= 0.3 is 0 Å². The zero-order chi connectivity index (χ0) is 13.9. The number of sulfone groups is 1. The summed E-state index contributed by atoms with van der Waals surface area (Å²) < 4.78 is 22.8. The van der Waals surface area contributed by atoms with Gasteiger partial charge in [-0.05, 0) is 24.8 Å². The molecule has 0 radical (unpaired) electrons. The quantitative estimate of drug-likeness (QED) is 0.837. The summed E-state index contributed by atoms with van der Waals surface area (Å²) in [4.78, 5) is 0. The van der Waals surface area contributed by atoms with Crippen molar-refractivity contribution in [3.05, 3.63) is 29.3 Å². The van der Waals surface area contributed by atoms with E-state index in [2.05, 4.69) is 11.4 Å². The molecule has 1 aromatic rings. The lowest BCUT2D eigenvalue weighted by atomic mass is 10.0. The maximum absolute atomic E-state index is 11.4. The molecule has 1 aromatic carbocycles. The van der Waals surface area contributed by atoms with Crippen LogP contribution in [0, 0.1) is 0 Å². The second kappa shape index (κ2) is 5.92. The molecule has 1 unspecified atom stereocenters. The van der Waals surface area contributed by atoms with Crippen LogP contribution in [0.15, 0.2) is 18.2 Å². The fourth-order valence-corrected chi connectivity index (χ4v) is 3.34. The van der Waals surface area contributed by atoms with Crippen molar-refractivity contribution in [3.8, 4) is 0 Å². The third-order valence-electron chi connectivity index (χ3n) is 3.61. The highest BCUT2D eigenvalue weighted by Gasteiger charge is 2.19. The van der Waals surface area contributed by atoms with E-state index in [0.29, 0.717) is 12.8 Å². The first-order valence-corrected chi connectivity index (χ1v) is 8.60. The van der Waals surface area contributed by atoms with Crippen LogP contribution in [0.2, 0.25) is 0 Å². The average Bonchev–Trinajstić information content (AvgIpc) is 2.86. The largest absolute Gasteiger partial charge is 0.388 e. The fourth-order valence-electron chi connectivity index (χ4n) is 2.44. The minimum atomic E-state index is -2.94. The molecule has 1 aliphatic rings. The van der Waals surface area contributed by atoms with Crippen LogP contribution in [0.4, 0.5) is 5.69 Å². The van der Waals surface area contributed by atoms with E-state index in [1.54, 1.807) is 6.92 Å². The molecule has 0 saturated heterocycles. The normalized spacial score (nSPS) is 15.9. The summed E-state index contributed by atoms with van der Waals surface area (Å²) in [6, 6.07) is 5.93. The zero-order valence-corrected chi connectivity index (χ0v) is 12.0. The van der Waals surface area contributed by atoms with E-state index in [1.165, 1.54) is 5.56 Å². The first kappa shape index (κ1) is 14.3. The number of nitrogens with one attached hydrogen (secondary N) is 1. The lowest BCUT2D eigenvalue weighted by molar-refractivity contribution is 0.167. The summed E-state index contributed by atoms with van der Waals surface area (Å²) >= 11 is 0. The Morgan fingerprint density at radius 1 is 1.42 bits per heavy atom. The number of rotatable bonds is 6. The maximum Gasteiger partial charge on any atom is 0.150 e. The molecule has 0 amide bonds. The number of aliphatic hydroxyl groups is 1. The molecule has 0 aliphatic carbocycles. The van der Waals surface area contributed by atoms with E-state index in [-0.39, 0.29) is 11.5 Å².